The Morgan fingerprint density at radius 3 is 3.00 bits per heavy atom. The largest absolute Gasteiger partial charge is 0.291 e. The van der Waals surface area contributed by atoms with Crippen LogP contribution in [0.4, 0.5) is 0 Å². The molecule has 14 heavy (non-hydrogen) atoms. The molecule has 0 N–H and O–H groups in total. The van der Waals surface area contributed by atoms with E-state index in [0.29, 0.717) is 5.69 Å². The second-order valence-corrected chi connectivity index (χ2v) is 5.49. The molecule has 0 saturated carbocycles. The van der Waals surface area contributed by atoms with Crippen LogP contribution >= 0.6 is 31.9 Å². The molecule has 1 aliphatic rings. The molecule has 2 atom stereocenters. The van der Waals surface area contributed by atoms with Crippen LogP contribution in [-0.4, -0.2) is 20.4 Å². The molecule has 74 valence electrons. The molecule has 0 aliphatic heterocycles. The highest BCUT2D eigenvalue weighted by Gasteiger charge is 2.30. The smallest absolute Gasteiger partial charge is 0.196 e. The van der Waals surface area contributed by atoms with Crippen LogP contribution in [0.2, 0.25) is 0 Å². The molecule has 2 rings (SSSR count). The Labute approximate surface area is 99.4 Å². The van der Waals surface area contributed by atoms with Gasteiger partial charge in [-0.25, -0.2) is 0 Å². The van der Waals surface area contributed by atoms with Crippen molar-refractivity contribution in [1.82, 2.24) is 4.98 Å². The minimum absolute atomic E-state index is 0.0833. The first-order valence-electron chi connectivity index (χ1n) is 4.46. The van der Waals surface area contributed by atoms with Crippen molar-refractivity contribution in [1.29, 1.82) is 0 Å². The van der Waals surface area contributed by atoms with Crippen molar-refractivity contribution in [3.05, 3.63) is 29.6 Å². The highest BCUT2D eigenvalue weighted by molar-refractivity contribution is 9.12. The Morgan fingerprint density at radius 2 is 2.21 bits per heavy atom. The molecule has 0 radical (unpaired) electrons. The number of fused-ring (bicyclic) bond motifs is 1. The van der Waals surface area contributed by atoms with E-state index in [2.05, 4.69) is 36.8 Å². The summed E-state index contributed by atoms with van der Waals surface area (Å²) in [7, 11) is 0. The van der Waals surface area contributed by atoms with E-state index in [4.69, 9.17) is 0 Å². The number of carbonyl (C=O) groups excluding carboxylic acids is 1. The summed E-state index contributed by atoms with van der Waals surface area (Å²) in [6.07, 6.45) is 3.54. The zero-order chi connectivity index (χ0) is 10.1. The molecule has 2 unspecified atom stereocenters. The van der Waals surface area contributed by atoms with Gasteiger partial charge in [0.05, 0.1) is 4.83 Å². The van der Waals surface area contributed by atoms with E-state index < -0.39 is 0 Å². The lowest BCUT2D eigenvalue weighted by Gasteiger charge is -2.10. The molecular weight excluding hydrogens is 310 g/mol. The number of aryl methyl sites for hydroxylation is 1. The number of rotatable bonds is 0. The van der Waals surface area contributed by atoms with Gasteiger partial charge in [-0.3, -0.25) is 9.78 Å². The minimum atomic E-state index is -0.154. The summed E-state index contributed by atoms with van der Waals surface area (Å²) in [6.45, 7) is 0. The van der Waals surface area contributed by atoms with Gasteiger partial charge in [0.25, 0.3) is 0 Å². The summed E-state index contributed by atoms with van der Waals surface area (Å²) < 4.78 is 0. The molecule has 0 spiro atoms. The van der Waals surface area contributed by atoms with E-state index in [1.807, 2.05) is 12.1 Å². The highest BCUT2D eigenvalue weighted by Crippen LogP contribution is 2.28. The van der Waals surface area contributed by atoms with Crippen LogP contribution < -0.4 is 0 Å². The van der Waals surface area contributed by atoms with Crippen LogP contribution in [-0.2, 0) is 6.42 Å². The monoisotopic (exact) mass is 317 g/mol. The average Bonchev–Trinajstić information content (AvgIpc) is 2.32. The maximum atomic E-state index is 11.9. The molecule has 0 fully saturated rings. The first kappa shape index (κ1) is 10.3. The number of pyridine rings is 1. The van der Waals surface area contributed by atoms with Gasteiger partial charge in [0, 0.05) is 11.0 Å². The van der Waals surface area contributed by atoms with Crippen LogP contribution in [0.25, 0.3) is 0 Å². The third-order valence-corrected chi connectivity index (χ3v) is 5.13. The molecule has 1 aromatic heterocycles. The van der Waals surface area contributed by atoms with Crippen molar-refractivity contribution in [3.63, 3.8) is 0 Å². The molecule has 2 nitrogen and oxygen atoms in total. The van der Waals surface area contributed by atoms with E-state index in [9.17, 15) is 4.79 Å². The number of hydrogen-bond acceptors (Lipinski definition) is 2. The fourth-order valence-electron chi connectivity index (χ4n) is 1.60. The van der Waals surface area contributed by atoms with Crippen molar-refractivity contribution in [2.75, 3.05) is 0 Å². The van der Waals surface area contributed by atoms with Gasteiger partial charge < -0.3 is 0 Å². The van der Waals surface area contributed by atoms with Crippen LogP contribution in [0.1, 0.15) is 22.5 Å². The Morgan fingerprint density at radius 1 is 1.43 bits per heavy atom. The fraction of sp³-hybridized carbons (Fsp3) is 0.400. The van der Waals surface area contributed by atoms with Gasteiger partial charge in [0.1, 0.15) is 5.69 Å². The maximum absolute atomic E-state index is 11.9. The Bertz CT molecular complexity index is 367. The molecule has 0 saturated heterocycles. The lowest BCUT2D eigenvalue weighted by Crippen LogP contribution is -2.23. The molecule has 1 heterocycles. The predicted octanol–water partition coefficient (Wildman–Crippen LogP) is 2.74. The zero-order valence-corrected chi connectivity index (χ0v) is 10.6. The maximum Gasteiger partial charge on any atom is 0.196 e. The Hall–Kier alpha value is -0.220. The highest BCUT2D eigenvalue weighted by atomic mass is 79.9. The number of Topliss-reactive ketones (excluding diaryl/α,β-unsaturated/α-hetero) is 1. The van der Waals surface area contributed by atoms with Gasteiger partial charge in [-0.05, 0) is 24.5 Å². The van der Waals surface area contributed by atoms with Crippen LogP contribution in [0.15, 0.2) is 18.3 Å². The first-order chi connectivity index (χ1) is 6.70. The van der Waals surface area contributed by atoms with Crippen molar-refractivity contribution in [2.24, 2.45) is 0 Å². The van der Waals surface area contributed by atoms with E-state index in [1.165, 1.54) is 0 Å². The lowest BCUT2D eigenvalue weighted by atomic mass is 10.1. The quantitative estimate of drug-likeness (QED) is 0.544. The number of hydrogen-bond donors (Lipinski definition) is 0. The minimum Gasteiger partial charge on any atom is -0.291 e. The van der Waals surface area contributed by atoms with Gasteiger partial charge in [-0.1, -0.05) is 37.9 Å². The van der Waals surface area contributed by atoms with E-state index >= 15 is 0 Å². The molecule has 4 heteroatoms. The summed E-state index contributed by atoms with van der Waals surface area (Å²) in [4.78, 5) is 16.1. The molecule has 0 bridgehead atoms. The number of carbonyl (C=O) groups is 1. The lowest BCUT2D eigenvalue weighted by molar-refractivity contribution is 0.0988. The zero-order valence-electron chi connectivity index (χ0n) is 7.41. The Kier molecular flexibility index (Phi) is 3.02. The summed E-state index contributed by atoms with van der Waals surface area (Å²) >= 11 is 6.91. The molecular formula is C10H9Br2NO. The average molecular weight is 319 g/mol. The van der Waals surface area contributed by atoms with E-state index in [0.717, 1.165) is 18.4 Å². The number of ketones is 1. The van der Waals surface area contributed by atoms with Crippen molar-refractivity contribution in [3.8, 4) is 0 Å². The topological polar surface area (TPSA) is 30.0 Å². The molecule has 0 amide bonds. The van der Waals surface area contributed by atoms with Crippen molar-refractivity contribution < 1.29 is 4.79 Å². The Balaban J connectivity index is 2.45. The SMILES string of the molecule is O=C1c2ncccc2CCC(Br)C1Br. The van der Waals surface area contributed by atoms with Crippen LogP contribution in [0.3, 0.4) is 0 Å². The number of alkyl halides is 2. The first-order valence-corrected chi connectivity index (χ1v) is 6.29. The molecule has 1 aromatic rings. The predicted molar refractivity (Wildman–Crippen MR) is 62.3 cm³/mol. The number of nitrogens with zero attached hydrogens (tertiary/aromatic N) is 1. The van der Waals surface area contributed by atoms with Crippen molar-refractivity contribution >= 4 is 37.6 Å². The van der Waals surface area contributed by atoms with Gasteiger partial charge in [-0.2, -0.15) is 0 Å². The third kappa shape index (κ3) is 1.77. The van der Waals surface area contributed by atoms with E-state index in [1.54, 1.807) is 6.20 Å². The normalized spacial score (nSPS) is 26.9. The van der Waals surface area contributed by atoms with Crippen LogP contribution in [0, 0.1) is 0 Å². The van der Waals surface area contributed by atoms with Gasteiger partial charge in [0.15, 0.2) is 5.78 Å². The molecule has 0 aromatic carbocycles. The molecule has 1 aliphatic carbocycles. The van der Waals surface area contributed by atoms with Gasteiger partial charge in [0.2, 0.25) is 0 Å². The standard InChI is InChI=1S/C10H9Br2NO/c11-7-4-3-6-2-1-5-13-9(6)10(14)8(7)12/h1-2,5,7-8H,3-4H2. The van der Waals surface area contributed by atoms with Crippen LogP contribution in [0.5, 0.6) is 0 Å². The van der Waals surface area contributed by atoms with Gasteiger partial charge in [-0.15, -0.1) is 0 Å². The fourth-order valence-corrected chi connectivity index (χ4v) is 2.55. The third-order valence-electron chi connectivity index (χ3n) is 2.38. The second kappa shape index (κ2) is 4.11. The summed E-state index contributed by atoms with van der Waals surface area (Å²) in [5, 5.41) is 0. The second-order valence-electron chi connectivity index (χ2n) is 3.33. The van der Waals surface area contributed by atoms with Crippen molar-refractivity contribution in [2.45, 2.75) is 22.5 Å². The van der Waals surface area contributed by atoms with E-state index in [-0.39, 0.29) is 15.4 Å². The number of halogens is 2. The summed E-state index contributed by atoms with van der Waals surface area (Å²) in [5.74, 6) is 0.0833. The summed E-state index contributed by atoms with van der Waals surface area (Å²) in [5.41, 5.74) is 1.68. The van der Waals surface area contributed by atoms with Gasteiger partial charge >= 0.3 is 0 Å². The summed E-state index contributed by atoms with van der Waals surface area (Å²) in [6, 6.07) is 3.86. The number of aromatic nitrogens is 1.